The molecule has 0 saturated heterocycles. The first kappa shape index (κ1) is 16.3. The van der Waals surface area contributed by atoms with E-state index in [1.54, 1.807) is 19.2 Å². The second-order valence-corrected chi connectivity index (χ2v) is 4.69. The molecule has 0 saturated carbocycles. The molecule has 0 aliphatic carbocycles. The van der Waals surface area contributed by atoms with Crippen LogP contribution in [0.5, 0.6) is 5.75 Å². The van der Waals surface area contributed by atoms with Crippen LogP contribution in [-0.2, 0) is 11.3 Å². The second kappa shape index (κ2) is 7.72. The molecule has 0 aromatic heterocycles. The molecule has 0 fully saturated rings. The SMILES string of the molecule is COCCCNCc1ccc(OC(F)(F)F)c(Br)c1. The summed E-state index contributed by atoms with van der Waals surface area (Å²) >= 11 is 3.06. The van der Waals surface area contributed by atoms with E-state index in [1.165, 1.54) is 6.07 Å². The van der Waals surface area contributed by atoms with Gasteiger partial charge in [-0.15, -0.1) is 13.2 Å². The van der Waals surface area contributed by atoms with Crippen molar-refractivity contribution in [1.29, 1.82) is 0 Å². The first-order chi connectivity index (χ1) is 8.92. The molecule has 0 aliphatic rings. The zero-order valence-corrected chi connectivity index (χ0v) is 12.0. The molecular formula is C12H15BrF3NO2. The van der Waals surface area contributed by atoms with Crippen LogP contribution in [0, 0.1) is 0 Å². The Morgan fingerprint density at radius 1 is 1.32 bits per heavy atom. The summed E-state index contributed by atoms with van der Waals surface area (Å²) in [5.41, 5.74) is 0.874. The van der Waals surface area contributed by atoms with E-state index in [1.807, 2.05) is 0 Å². The molecular weight excluding hydrogens is 327 g/mol. The molecule has 108 valence electrons. The highest BCUT2D eigenvalue weighted by Gasteiger charge is 2.31. The molecule has 1 rings (SSSR count). The summed E-state index contributed by atoms with van der Waals surface area (Å²) in [5.74, 6) is -0.240. The lowest BCUT2D eigenvalue weighted by Crippen LogP contribution is -2.18. The van der Waals surface area contributed by atoms with E-state index in [9.17, 15) is 13.2 Å². The summed E-state index contributed by atoms with van der Waals surface area (Å²) in [5, 5.41) is 3.17. The van der Waals surface area contributed by atoms with Crippen molar-refractivity contribution in [2.75, 3.05) is 20.3 Å². The molecule has 0 atom stereocenters. The summed E-state index contributed by atoms with van der Waals surface area (Å²) in [7, 11) is 1.64. The molecule has 0 aliphatic heterocycles. The van der Waals surface area contributed by atoms with Crippen molar-refractivity contribution in [3.8, 4) is 5.75 Å². The lowest BCUT2D eigenvalue weighted by molar-refractivity contribution is -0.274. The van der Waals surface area contributed by atoms with E-state index in [-0.39, 0.29) is 10.2 Å². The van der Waals surface area contributed by atoms with Gasteiger partial charge in [0.15, 0.2) is 0 Å². The Kier molecular flexibility index (Phi) is 6.60. The van der Waals surface area contributed by atoms with Gasteiger partial charge < -0.3 is 14.8 Å². The minimum atomic E-state index is -4.68. The minimum absolute atomic E-state index is 0.240. The number of halogens is 4. The van der Waals surface area contributed by atoms with Crippen LogP contribution in [0.15, 0.2) is 22.7 Å². The number of rotatable bonds is 7. The van der Waals surface area contributed by atoms with Gasteiger partial charge in [-0.05, 0) is 46.6 Å². The van der Waals surface area contributed by atoms with Gasteiger partial charge in [-0.1, -0.05) is 6.07 Å². The van der Waals surface area contributed by atoms with Crippen LogP contribution < -0.4 is 10.1 Å². The maximum atomic E-state index is 12.1. The molecule has 3 nitrogen and oxygen atoms in total. The van der Waals surface area contributed by atoms with Gasteiger partial charge in [-0.25, -0.2) is 0 Å². The minimum Gasteiger partial charge on any atom is -0.405 e. The first-order valence-electron chi connectivity index (χ1n) is 5.66. The third kappa shape index (κ3) is 6.79. The number of nitrogens with one attached hydrogen (secondary N) is 1. The molecule has 1 aromatic rings. The summed E-state index contributed by atoms with van der Waals surface area (Å²) < 4.78 is 45.3. The standard InChI is InChI=1S/C12H15BrF3NO2/c1-18-6-2-5-17-8-9-3-4-11(10(13)7-9)19-12(14,15)16/h3-4,7,17H,2,5-6,8H2,1H3. The Bertz CT molecular complexity index is 399. The monoisotopic (exact) mass is 341 g/mol. The summed E-state index contributed by atoms with van der Waals surface area (Å²) in [6.07, 6.45) is -3.80. The third-order valence-corrected chi connectivity index (χ3v) is 2.87. The normalized spacial score (nSPS) is 11.6. The average molecular weight is 342 g/mol. The van der Waals surface area contributed by atoms with Crippen molar-refractivity contribution in [2.24, 2.45) is 0 Å². The third-order valence-electron chi connectivity index (χ3n) is 2.25. The van der Waals surface area contributed by atoms with E-state index in [2.05, 4.69) is 26.0 Å². The van der Waals surface area contributed by atoms with Crippen LogP contribution in [0.1, 0.15) is 12.0 Å². The maximum Gasteiger partial charge on any atom is 0.573 e. The molecule has 0 unspecified atom stereocenters. The number of benzene rings is 1. The summed E-state index contributed by atoms with van der Waals surface area (Å²) in [6, 6.07) is 4.49. The van der Waals surface area contributed by atoms with Crippen LogP contribution in [0.3, 0.4) is 0 Å². The van der Waals surface area contributed by atoms with Gasteiger partial charge in [0.05, 0.1) is 4.47 Å². The van der Waals surface area contributed by atoms with Gasteiger partial charge in [0.1, 0.15) is 5.75 Å². The van der Waals surface area contributed by atoms with Gasteiger partial charge in [0, 0.05) is 20.3 Å². The first-order valence-corrected chi connectivity index (χ1v) is 6.45. The molecule has 1 aromatic carbocycles. The van der Waals surface area contributed by atoms with Crippen molar-refractivity contribution in [2.45, 2.75) is 19.3 Å². The fourth-order valence-electron chi connectivity index (χ4n) is 1.44. The smallest absolute Gasteiger partial charge is 0.405 e. The van der Waals surface area contributed by atoms with E-state index in [0.717, 1.165) is 18.5 Å². The number of ether oxygens (including phenoxy) is 2. The van der Waals surface area contributed by atoms with Crippen LogP contribution in [-0.4, -0.2) is 26.6 Å². The molecule has 0 bridgehead atoms. The highest BCUT2D eigenvalue weighted by atomic mass is 79.9. The number of methoxy groups -OCH3 is 1. The molecule has 0 radical (unpaired) electrons. The fraction of sp³-hybridized carbons (Fsp3) is 0.500. The van der Waals surface area contributed by atoms with E-state index in [0.29, 0.717) is 13.2 Å². The zero-order chi connectivity index (χ0) is 14.3. The summed E-state index contributed by atoms with van der Waals surface area (Å²) in [6.45, 7) is 2.04. The Morgan fingerprint density at radius 3 is 2.63 bits per heavy atom. The quantitative estimate of drug-likeness (QED) is 0.770. The average Bonchev–Trinajstić information content (AvgIpc) is 2.31. The molecule has 0 amide bonds. The van der Waals surface area contributed by atoms with Crippen molar-refractivity contribution in [3.05, 3.63) is 28.2 Å². The Balaban J connectivity index is 2.47. The van der Waals surface area contributed by atoms with Crippen molar-refractivity contribution in [3.63, 3.8) is 0 Å². The Labute approximate surface area is 118 Å². The van der Waals surface area contributed by atoms with E-state index < -0.39 is 6.36 Å². The molecule has 1 N–H and O–H groups in total. The Morgan fingerprint density at radius 2 is 2.05 bits per heavy atom. The maximum absolute atomic E-state index is 12.1. The van der Waals surface area contributed by atoms with Gasteiger partial charge in [-0.3, -0.25) is 0 Å². The zero-order valence-electron chi connectivity index (χ0n) is 10.4. The number of hydrogen-bond donors (Lipinski definition) is 1. The fourth-order valence-corrected chi connectivity index (χ4v) is 1.94. The van der Waals surface area contributed by atoms with Crippen molar-refractivity contribution in [1.82, 2.24) is 5.32 Å². The highest BCUT2D eigenvalue weighted by molar-refractivity contribution is 9.10. The highest BCUT2D eigenvalue weighted by Crippen LogP contribution is 2.30. The predicted molar refractivity (Wildman–Crippen MR) is 69.0 cm³/mol. The van der Waals surface area contributed by atoms with Crippen LogP contribution in [0.2, 0.25) is 0 Å². The topological polar surface area (TPSA) is 30.5 Å². The molecule has 7 heteroatoms. The number of alkyl halides is 3. The Hall–Kier alpha value is -0.790. The van der Waals surface area contributed by atoms with E-state index in [4.69, 9.17) is 4.74 Å². The lowest BCUT2D eigenvalue weighted by Gasteiger charge is -2.12. The van der Waals surface area contributed by atoms with Gasteiger partial charge in [0.2, 0.25) is 0 Å². The van der Waals surface area contributed by atoms with Crippen LogP contribution in [0.4, 0.5) is 13.2 Å². The largest absolute Gasteiger partial charge is 0.573 e. The van der Waals surface area contributed by atoms with E-state index >= 15 is 0 Å². The van der Waals surface area contributed by atoms with Crippen LogP contribution >= 0.6 is 15.9 Å². The van der Waals surface area contributed by atoms with Gasteiger partial charge >= 0.3 is 6.36 Å². The van der Waals surface area contributed by atoms with Crippen molar-refractivity contribution < 1.29 is 22.6 Å². The van der Waals surface area contributed by atoms with Gasteiger partial charge in [-0.2, -0.15) is 0 Å². The molecule has 0 heterocycles. The van der Waals surface area contributed by atoms with Gasteiger partial charge in [0.25, 0.3) is 0 Å². The van der Waals surface area contributed by atoms with Crippen LogP contribution in [0.25, 0.3) is 0 Å². The predicted octanol–water partition coefficient (Wildman–Crippen LogP) is 3.47. The lowest BCUT2D eigenvalue weighted by atomic mass is 10.2. The molecule has 0 spiro atoms. The number of hydrogen-bond acceptors (Lipinski definition) is 3. The van der Waals surface area contributed by atoms with Crippen molar-refractivity contribution >= 4 is 15.9 Å². The summed E-state index contributed by atoms with van der Waals surface area (Å²) in [4.78, 5) is 0. The second-order valence-electron chi connectivity index (χ2n) is 3.84. The molecule has 19 heavy (non-hydrogen) atoms.